The van der Waals surface area contributed by atoms with Gasteiger partial charge in [-0.3, -0.25) is 0 Å². The van der Waals surface area contributed by atoms with Crippen LogP contribution >= 0.6 is 0 Å². The predicted molar refractivity (Wildman–Crippen MR) is 78.6 cm³/mol. The van der Waals surface area contributed by atoms with Crippen molar-refractivity contribution in [2.75, 3.05) is 12.4 Å². The molecule has 7 heteroatoms. The maximum Gasteiger partial charge on any atom is 0.364 e. The molecule has 2 aromatic heterocycles. The van der Waals surface area contributed by atoms with Crippen LogP contribution in [-0.4, -0.2) is 26.9 Å². The van der Waals surface area contributed by atoms with E-state index in [0.717, 1.165) is 11.3 Å². The van der Waals surface area contributed by atoms with Gasteiger partial charge in [0.15, 0.2) is 5.65 Å². The number of aromatic nitrogens is 4. The van der Waals surface area contributed by atoms with Crippen molar-refractivity contribution < 1.29 is 4.74 Å². The molecule has 0 fully saturated rings. The van der Waals surface area contributed by atoms with Crippen molar-refractivity contribution in [1.29, 1.82) is 0 Å². The lowest BCUT2D eigenvalue weighted by atomic mass is 10.1. The largest absolute Gasteiger partial charge is 0.497 e. The Kier molecular flexibility index (Phi) is 3.31. The Bertz CT molecular complexity index is 806. The molecule has 21 heavy (non-hydrogen) atoms. The summed E-state index contributed by atoms with van der Waals surface area (Å²) in [4.78, 5) is 11.5. The summed E-state index contributed by atoms with van der Waals surface area (Å²) in [6.45, 7) is 2.02. The Labute approximate surface area is 120 Å². The van der Waals surface area contributed by atoms with Crippen LogP contribution in [0.4, 0.5) is 5.82 Å². The predicted octanol–water partition coefficient (Wildman–Crippen LogP) is 1.60. The van der Waals surface area contributed by atoms with E-state index in [9.17, 15) is 4.79 Å². The minimum Gasteiger partial charge on any atom is -0.497 e. The highest BCUT2D eigenvalue weighted by Crippen LogP contribution is 2.20. The Morgan fingerprint density at radius 1 is 1.24 bits per heavy atom. The second-order valence-electron chi connectivity index (χ2n) is 4.66. The fourth-order valence-electron chi connectivity index (χ4n) is 2.08. The monoisotopic (exact) mass is 285 g/mol. The van der Waals surface area contributed by atoms with E-state index >= 15 is 0 Å². The summed E-state index contributed by atoms with van der Waals surface area (Å²) in [7, 11) is 1.64. The number of aromatic amines is 1. The number of nitrogens with zero attached hydrogens (tertiary/aromatic N) is 3. The third-order valence-corrected chi connectivity index (χ3v) is 3.25. The number of rotatable bonds is 4. The number of hydrogen-bond donors (Lipinski definition) is 2. The van der Waals surface area contributed by atoms with Gasteiger partial charge in [-0.1, -0.05) is 12.1 Å². The molecule has 2 N–H and O–H groups in total. The van der Waals surface area contributed by atoms with Crippen molar-refractivity contribution in [3.05, 3.63) is 52.4 Å². The summed E-state index contributed by atoms with van der Waals surface area (Å²) in [6, 6.07) is 11.3. The van der Waals surface area contributed by atoms with E-state index in [-0.39, 0.29) is 11.7 Å². The van der Waals surface area contributed by atoms with Gasteiger partial charge in [-0.25, -0.2) is 9.89 Å². The van der Waals surface area contributed by atoms with E-state index in [1.165, 1.54) is 4.52 Å². The van der Waals surface area contributed by atoms with Crippen LogP contribution in [0.1, 0.15) is 18.5 Å². The van der Waals surface area contributed by atoms with Crippen LogP contribution in [-0.2, 0) is 0 Å². The molecule has 0 spiro atoms. The van der Waals surface area contributed by atoms with Crippen molar-refractivity contribution in [3.8, 4) is 5.75 Å². The van der Waals surface area contributed by atoms with Crippen LogP contribution in [0.3, 0.4) is 0 Å². The van der Waals surface area contributed by atoms with Crippen molar-refractivity contribution >= 4 is 11.5 Å². The van der Waals surface area contributed by atoms with E-state index in [0.29, 0.717) is 11.5 Å². The molecule has 0 aliphatic heterocycles. The zero-order chi connectivity index (χ0) is 14.8. The Morgan fingerprint density at radius 2 is 2.00 bits per heavy atom. The van der Waals surface area contributed by atoms with Crippen LogP contribution in [0.2, 0.25) is 0 Å². The molecule has 3 aromatic rings. The summed E-state index contributed by atoms with van der Waals surface area (Å²) in [5.74, 6) is 1.42. The number of anilines is 1. The molecule has 0 saturated carbocycles. The van der Waals surface area contributed by atoms with Crippen LogP contribution in [0.25, 0.3) is 5.65 Å². The third kappa shape index (κ3) is 2.58. The van der Waals surface area contributed by atoms with Crippen LogP contribution in [0, 0.1) is 0 Å². The molecule has 2 heterocycles. The average molecular weight is 285 g/mol. The second-order valence-corrected chi connectivity index (χ2v) is 4.66. The summed E-state index contributed by atoms with van der Waals surface area (Å²) >= 11 is 0. The van der Waals surface area contributed by atoms with Gasteiger partial charge in [0, 0.05) is 0 Å². The average Bonchev–Trinajstić information content (AvgIpc) is 2.88. The maximum atomic E-state index is 11.5. The molecule has 1 unspecified atom stereocenters. The van der Waals surface area contributed by atoms with Crippen molar-refractivity contribution in [2.45, 2.75) is 13.0 Å². The topological polar surface area (TPSA) is 84.3 Å². The zero-order valence-electron chi connectivity index (χ0n) is 11.7. The number of nitrogens with one attached hydrogen (secondary N) is 2. The summed E-state index contributed by atoms with van der Waals surface area (Å²) < 4.78 is 6.36. The number of benzene rings is 1. The number of H-pyrrole nitrogens is 1. The van der Waals surface area contributed by atoms with E-state index in [2.05, 4.69) is 20.6 Å². The lowest BCUT2D eigenvalue weighted by Gasteiger charge is -2.15. The molecule has 108 valence electrons. The Balaban J connectivity index is 1.82. The lowest BCUT2D eigenvalue weighted by Crippen LogP contribution is -2.15. The highest BCUT2D eigenvalue weighted by Gasteiger charge is 2.08. The highest BCUT2D eigenvalue weighted by atomic mass is 16.5. The highest BCUT2D eigenvalue weighted by molar-refractivity contribution is 5.44. The minimum absolute atomic E-state index is 0.0449. The lowest BCUT2D eigenvalue weighted by molar-refractivity contribution is 0.414. The second kappa shape index (κ2) is 5.28. The number of hydrogen-bond acceptors (Lipinski definition) is 5. The van der Waals surface area contributed by atoms with Gasteiger partial charge in [-0.05, 0) is 36.8 Å². The SMILES string of the molecule is COc1ccc(C(C)Nc2ccc3n[nH]c(=O)n3n2)cc1. The fraction of sp³-hybridized carbons (Fsp3) is 0.214. The molecule has 0 bridgehead atoms. The van der Waals surface area contributed by atoms with Crippen molar-refractivity contribution in [3.63, 3.8) is 0 Å². The maximum absolute atomic E-state index is 11.5. The summed E-state index contributed by atoms with van der Waals surface area (Å²) in [5, 5.41) is 13.7. The molecule has 7 nitrogen and oxygen atoms in total. The smallest absolute Gasteiger partial charge is 0.364 e. The Hall–Kier alpha value is -2.83. The molecular formula is C14H15N5O2. The molecule has 0 aliphatic carbocycles. The molecule has 1 atom stereocenters. The fourth-order valence-corrected chi connectivity index (χ4v) is 2.08. The van der Waals surface area contributed by atoms with Gasteiger partial charge in [0.05, 0.1) is 13.2 Å². The van der Waals surface area contributed by atoms with Crippen LogP contribution < -0.4 is 15.7 Å². The van der Waals surface area contributed by atoms with Gasteiger partial charge in [-0.15, -0.1) is 5.10 Å². The summed E-state index contributed by atoms with van der Waals surface area (Å²) in [5.41, 5.74) is 1.23. The van der Waals surface area contributed by atoms with E-state index in [1.54, 1.807) is 19.2 Å². The first-order chi connectivity index (χ1) is 10.2. The van der Waals surface area contributed by atoms with Gasteiger partial charge >= 0.3 is 5.69 Å². The van der Waals surface area contributed by atoms with Gasteiger partial charge in [0.25, 0.3) is 0 Å². The number of methoxy groups -OCH3 is 1. The Morgan fingerprint density at radius 3 is 2.71 bits per heavy atom. The van der Waals surface area contributed by atoms with Gasteiger partial charge in [0.2, 0.25) is 0 Å². The molecule has 0 aliphatic rings. The molecule has 3 rings (SSSR count). The zero-order valence-corrected chi connectivity index (χ0v) is 11.7. The van der Waals surface area contributed by atoms with Crippen LogP contribution in [0.15, 0.2) is 41.2 Å². The molecule has 0 saturated heterocycles. The summed E-state index contributed by atoms with van der Waals surface area (Å²) in [6.07, 6.45) is 0. The van der Waals surface area contributed by atoms with E-state index in [4.69, 9.17) is 4.74 Å². The van der Waals surface area contributed by atoms with Crippen molar-refractivity contribution in [2.24, 2.45) is 0 Å². The normalized spacial score (nSPS) is 12.3. The van der Waals surface area contributed by atoms with Gasteiger partial charge in [-0.2, -0.15) is 9.61 Å². The number of ether oxygens (including phenoxy) is 1. The molecule has 0 radical (unpaired) electrons. The first kappa shape index (κ1) is 13.2. The van der Waals surface area contributed by atoms with Crippen LogP contribution in [0.5, 0.6) is 5.75 Å². The van der Waals surface area contributed by atoms with Gasteiger partial charge in [0.1, 0.15) is 11.6 Å². The molecule has 1 aromatic carbocycles. The molecular weight excluding hydrogens is 270 g/mol. The third-order valence-electron chi connectivity index (χ3n) is 3.25. The molecule has 0 amide bonds. The van der Waals surface area contributed by atoms with E-state index < -0.39 is 0 Å². The number of fused-ring (bicyclic) bond motifs is 1. The van der Waals surface area contributed by atoms with Crippen molar-refractivity contribution in [1.82, 2.24) is 19.8 Å². The first-order valence-electron chi connectivity index (χ1n) is 6.52. The quantitative estimate of drug-likeness (QED) is 0.760. The minimum atomic E-state index is -0.356. The standard InChI is InChI=1S/C14H15N5O2/c1-9(10-3-5-11(21-2)6-4-10)15-12-7-8-13-16-17-14(20)19(13)18-12/h3-9H,1-2H3,(H,15,18)(H,17,20). The van der Waals surface area contributed by atoms with E-state index in [1.807, 2.05) is 31.2 Å². The first-order valence-corrected chi connectivity index (χ1v) is 6.52. The van der Waals surface area contributed by atoms with Gasteiger partial charge < -0.3 is 10.1 Å².